The zero-order valence-corrected chi connectivity index (χ0v) is 24.7. The summed E-state index contributed by atoms with van der Waals surface area (Å²) < 4.78 is 4.61. The molecule has 8 rings (SSSR count). The molecule has 0 aliphatic carbocycles. The summed E-state index contributed by atoms with van der Waals surface area (Å²) in [6, 6.07) is 29.4. The highest BCUT2D eigenvalue weighted by atomic mass is 15.1. The molecule has 0 N–H and O–H groups in total. The van der Waals surface area contributed by atoms with Crippen molar-refractivity contribution >= 4 is 45.1 Å². The van der Waals surface area contributed by atoms with Crippen LogP contribution in [0.3, 0.4) is 0 Å². The van der Waals surface area contributed by atoms with Crippen LogP contribution in [0.25, 0.3) is 78.8 Å². The van der Waals surface area contributed by atoms with Gasteiger partial charge >= 0.3 is 0 Å². The minimum atomic E-state index is 0.850. The number of fused-ring (bicyclic) bond motifs is 5. The van der Waals surface area contributed by atoms with Crippen LogP contribution in [0.4, 0.5) is 0 Å². The van der Waals surface area contributed by atoms with Crippen LogP contribution in [0.2, 0.25) is 0 Å². The molecule has 2 aromatic carbocycles. The van der Waals surface area contributed by atoms with Gasteiger partial charge in [-0.05, 0) is 83.8 Å². The maximum atomic E-state index is 5.04. The molecule has 6 nitrogen and oxygen atoms in total. The zero-order chi connectivity index (χ0) is 30.3. The quantitative estimate of drug-likeness (QED) is 0.197. The van der Waals surface area contributed by atoms with E-state index in [4.69, 9.17) is 9.97 Å². The predicted octanol–water partition coefficient (Wildman–Crippen LogP) is 9.32. The average Bonchev–Trinajstić information content (AvgIpc) is 3.61. The van der Waals surface area contributed by atoms with Crippen molar-refractivity contribution in [2.75, 3.05) is 0 Å². The summed E-state index contributed by atoms with van der Waals surface area (Å²) in [4.78, 5) is 18.5. The molecule has 0 unspecified atom stereocenters. The van der Waals surface area contributed by atoms with Gasteiger partial charge < -0.3 is 9.13 Å². The van der Waals surface area contributed by atoms with E-state index in [9.17, 15) is 0 Å². The Balaban J connectivity index is 1.45. The van der Waals surface area contributed by atoms with E-state index in [1.54, 1.807) is 12.4 Å². The van der Waals surface area contributed by atoms with Crippen LogP contribution in [0, 0.1) is 0 Å². The summed E-state index contributed by atoms with van der Waals surface area (Å²) in [5.41, 5.74) is 13.3. The molecule has 0 bridgehead atoms. The van der Waals surface area contributed by atoms with Crippen molar-refractivity contribution in [2.45, 2.75) is 6.92 Å². The van der Waals surface area contributed by atoms with Crippen molar-refractivity contribution in [3.05, 3.63) is 146 Å². The van der Waals surface area contributed by atoms with Crippen LogP contribution in [-0.2, 0) is 0 Å². The lowest BCUT2D eigenvalue weighted by atomic mass is 10.1. The number of hydrogen-bond donors (Lipinski definition) is 0. The summed E-state index contributed by atoms with van der Waals surface area (Å²) in [5.74, 6) is 0. The predicted molar refractivity (Wildman–Crippen MR) is 184 cm³/mol. The number of allylic oxidation sites excluding steroid dienone is 1. The third-order valence-electron chi connectivity index (χ3n) is 8.30. The first-order chi connectivity index (χ1) is 22.3. The van der Waals surface area contributed by atoms with E-state index in [2.05, 4.69) is 105 Å². The van der Waals surface area contributed by atoms with Gasteiger partial charge in [0, 0.05) is 59.5 Å². The van der Waals surface area contributed by atoms with Crippen LogP contribution in [-0.4, -0.2) is 29.1 Å². The highest BCUT2D eigenvalue weighted by Crippen LogP contribution is 2.40. The molecule has 6 heteroatoms. The third-order valence-corrected chi connectivity index (χ3v) is 8.30. The molecule has 0 fully saturated rings. The molecule has 0 amide bonds. The number of pyridine rings is 4. The maximum absolute atomic E-state index is 5.04. The molecular weight excluding hydrogens is 552 g/mol. The molecular formula is C39H28N6. The molecule has 8 aromatic rings. The number of rotatable bonds is 6. The van der Waals surface area contributed by atoms with E-state index in [-0.39, 0.29) is 0 Å². The van der Waals surface area contributed by atoms with E-state index in [0.29, 0.717) is 0 Å². The molecule has 0 atom stereocenters. The number of benzene rings is 2. The summed E-state index contributed by atoms with van der Waals surface area (Å²) in [6.07, 6.45) is 17.3. The van der Waals surface area contributed by atoms with Gasteiger partial charge in [0.1, 0.15) is 11.0 Å². The Morgan fingerprint density at radius 1 is 0.600 bits per heavy atom. The fraction of sp³-hybridized carbons (Fsp3) is 0.0256. The summed E-state index contributed by atoms with van der Waals surface area (Å²) >= 11 is 0. The summed E-state index contributed by atoms with van der Waals surface area (Å²) in [7, 11) is 0. The van der Waals surface area contributed by atoms with Gasteiger partial charge in [-0.3, -0.25) is 19.9 Å². The molecule has 45 heavy (non-hydrogen) atoms. The van der Waals surface area contributed by atoms with Crippen molar-refractivity contribution < 1.29 is 0 Å². The maximum Gasteiger partial charge on any atom is 0.117 e. The molecule has 0 aliphatic heterocycles. The van der Waals surface area contributed by atoms with E-state index in [1.165, 1.54) is 0 Å². The van der Waals surface area contributed by atoms with Gasteiger partial charge in [0.05, 0.1) is 22.2 Å². The van der Waals surface area contributed by atoms with Crippen LogP contribution in [0.15, 0.2) is 135 Å². The molecule has 0 radical (unpaired) electrons. The third kappa shape index (κ3) is 4.26. The molecule has 0 spiro atoms. The first-order valence-electron chi connectivity index (χ1n) is 14.9. The van der Waals surface area contributed by atoms with Crippen molar-refractivity contribution in [3.8, 4) is 33.6 Å². The van der Waals surface area contributed by atoms with Crippen LogP contribution in [0.5, 0.6) is 0 Å². The van der Waals surface area contributed by atoms with Gasteiger partial charge in [0.25, 0.3) is 0 Å². The van der Waals surface area contributed by atoms with E-state index in [0.717, 1.165) is 77.9 Å². The second kappa shape index (κ2) is 10.8. The number of hydrogen-bond acceptors (Lipinski definition) is 4. The monoisotopic (exact) mass is 580 g/mol. The molecule has 0 aliphatic rings. The fourth-order valence-electron chi connectivity index (χ4n) is 6.30. The van der Waals surface area contributed by atoms with Crippen molar-refractivity contribution in [3.63, 3.8) is 0 Å². The van der Waals surface area contributed by atoms with Crippen molar-refractivity contribution in [1.82, 2.24) is 29.1 Å². The highest BCUT2D eigenvalue weighted by Gasteiger charge is 2.24. The molecule has 214 valence electrons. The molecule has 0 saturated heterocycles. The van der Waals surface area contributed by atoms with Crippen molar-refractivity contribution in [1.29, 1.82) is 0 Å². The first kappa shape index (κ1) is 26.5. The first-order valence-corrected chi connectivity index (χ1v) is 14.9. The SMILES string of the molecule is C=Cc1c(/C=C\C)n(-c2ccc(-c3cccnc3)cc2)c2c1cnc1c3ncccc3n(-c3ccc(-c4cccnc4)cc3)c12. The molecule has 6 aromatic heterocycles. The van der Waals surface area contributed by atoms with Gasteiger partial charge in [-0.25, -0.2) is 0 Å². The highest BCUT2D eigenvalue weighted by molar-refractivity contribution is 6.16. The van der Waals surface area contributed by atoms with Gasteiger partial charge in [-0.15, -0.1) is 0 Å². The Hall–Kier alpha value is -6.14. The number of aromatic nitrogens is 6. The Morgan fingerprint density at radius 3 is 1.80 bits per heavy atom. The lowest BCUT2D eigenvalue weighted by molar-refractivity contribution is 1.09. The zero-order valence-electron chi connectivity index (χ0n) is 24.7. The molecule has 0 saturated carbocycles. The Bertz CT molecular complexity index is 2360. The van der Waals surface area contributed by atoms with E-state index >= 15 is 0 Å². The second-order valence-electron chi connectivity index (χ2n) is 10.8. The minimum Gasteiger partial charge on any atom is -0.307 e. The largest absolute Gasteiger partial charge is 0.307 e. The molecule has 6 heterocycles. The van der Waals surface area contributed by atoms with Gasteiger partial charge in [-0.1, -0.05) is 55.1 Å². The smallest absolute Gasteiger partial charge is 0.117 e. The second-order valence-corrected chi connectivity index (χ2v) is 10.8. The van der Waals surface area contributed by atoms with E-state index < -0.39 is 0 Å². The van der Waals surface area contributed by atoms with Crippen LogP contribution >= 0.6 is 0 Å². The Morgan fingerprint density at radius 2 is 1.22 bits per heavy atom. The van der Waals surface area contributed by atoms with Gasteiger partial charge in [0.2, 0.25) is 0 Å². The minimum absolute atomic E-state index is 0.850. The standard InChI is InChI=1S/C39H28N6/c1-3-8-34-32(4-2)33-25-43-37-36-35(11-7-22-42-36)45(31-18-14-27(15-19-31)29-10-6-21-41-24-29)39(37)38(33)44(34)30-16-12-26(13-17-30)28-9-5-20-40-23-28/h3-25H,2H2,1H3/b8-3-. The van der Waals surface area contributed by atoms with E-state index in [1.807, 2.05) is 56.0 Å². The lowest BCUT2D eigenvalue weighted by Crippen LogP contribution is -2.01. The fourth-order valence-corrected chi connectivity index (χ4v) is 6.30. The normalized spacial score (nSPS) is 11.7. The number of nitrogens with zero attached hydrogens (tertiary/aromatic N) is 6. The van der Waals surface area contributed by atoms with Crippen LogP contribution in [0.1, 0.15) is 18.2 Å². The Labute approximate surface area is 260 Å². The topological polar surface area (TPSA) is 61.4 Å². The van der Waals surface area contributed by atoms with Gasteiger partial charge in [0.15, 0.2) is 0 Å². The average molecular weight is 581 g/mol. The summed E-state index contributed by atoms with van der Waals surface area (Å²) in [5, 5.41) is 1.03. The van der Waals surface area contributed by atoms with Gasteiger partial charge in [-0.2, -0.15) is 0 Å². The Kier molecular flexibility index (Phi) is 6.38. The lowest BCUT2D eigenvalue weighted by Gasteiger charge is -2.14. The van der Waals surface area contributed by atoms with Crippen molar-refractivity contribution in [2.24, 2.45) is 0 Å². The summed E-state index contributed by atoms with van der Waals surface area (Å²) in [6.45, 7) is 6.26. The van der Waals surface area contributed by atoms with Crippen LogP contribution < -0.4 is 0 Å².